The first kappa shape index (κ1) is 17.6. The SMILES string of the molecule is CCN1[C@H](C)Cc2c(sc(NC(C)=O)c2-c2nc3cnccc3s2)[C@H]1C. The largest absolute Gasteiger partial charge is 0.317 e. The second-order valence-electron chi connectivity index (χ2n) is 6.75. The molecule has 0 spiro atoms. The molecule has 0 saturated heterocycles. The Morgan fingerprint density at radius 1 is 1.38 bits per heavy atom. The molecule has 3 aromatic rings. The van der Waals surface area contributed by atoms with Crippen molar-refractivity contribution in [3.8, 4) is 10.6 Å². The van der Waals surface area contributed by atoms with Crippen molar-refractivity contribution in [1.29, 1.82) is 0 Å². The first-order valence-corrected chi connectivity index (χ1v) is 10.5. The van der Waals surface area contributed by atoms with Crippen LogP contribution in [0.25, 0.3) is 20.8 Å². The van der Waals surface area contributed by atoms with Crippen LogP contribution in [0.5, 0.6) is 0 Å². The van der Waals surface area contributed by atoms with E-state index in [0.29, 0.717) is 12.1 Å². The molecule has 0 unspecified atom stereocenters. The Balaban J connectivity index is 1.91. The smallest absolute Gasteiger partial charge is 0.221 e. The molecule has 3 aromatic heterocycles. The van der Waals surface area contributed by atoms with Crippen LogP contribution in [0.4, 0.5) is 5.00 Å². The van der Waals surface area contributed by atoms with Gasteiger partial charge in [-0.05, 0) is 38.4 Å². The predicted octanol–water partition coefficient (Wildman–Crippen LogP) is 4.71. The van der Waals surface area contributed by atoms with Crippen molar-refractivity contribution < 1.29 is 4.79 Å². The lowest BCUT2D eigenvalue weighted by Crippen LogP contribution is -2.40. The van der Waals surface area contributed by atoms with E-state index in [2.05, 4.69) is 36.0 Å². The number of nitrogens with zero attached hydrogens (tertiary/aromatic N) is 3. The van der Waals surface area contributed by atoms with Crippen LogP contribution in [-0.2, 0) is 11.2 Å². The maximum absolute atomic E-state index is 11.8. The monoisotopic (exact) mass is 386 g/mol. The average molecular weight is 387 g/mol. The predicted molar refractivity (Wildman–Crippen MR) is 109 cm³/mol. The summed E-state index contributed by atoms with van der Waals surface area (Å²) in [7, 11) is 0. The van der Waals surface area contributed by atoms with Gasteiger partial charge in [-0.15, -0.1) is 22.7 Å². The van der Waals surface area contributed by atoms with Gasteiger partial charge < -0.3 is 5.32 Å². The maximum Gasteiger partial charge on any atom is 0.221 e. The lowest BCUT2D eigenvalue weighted by Gasteiger charge is -2.38. The van der Waals surface area contributed by atoms with Crippen LogP contribution in [0.3, 0.4) is 0 Å². The van der Waals surface area contributed by atoms with E-state index in [1.807, 2.05) is 6.07 Å². The molecule has 5 nitrogen and oxygen atoms in total. The summed E-state index contributed by atoms with van der Waals surface area (Å²) in [6, 6.07) is 2.82. The summed E-state index contributed by atoms with van der Waals surface area (Å²) in [5, 5.41) is 4.95. The Morgan fingerprint density at radius 3 is 2.88 bits per heavy atom. The third-order valence-electron chi connectivity index (χ3n) is 5.04. The quantitative estimate of drug-likeness (QED) is 0.708. The van der Waals surface area contributed by atoms with Crippen LogP contribution in [-0.4, -0.2) is 33.4 Å². The summed E-state index contributed by atoms with van der Waals surface area (Å²) in [5.41, 5.74) is 3.36. The number of amides is 1. The molecule has 26 heavy (non-hydrogen) atoms. The summed E-state index contributed by atoms with van der Waals surface area (Å²) < 4.78 is 1.12. The van der Waals surface area contributed by atoms with E-state index in [0.717, 1.165) is 38.8 Å². The van der Waals surface area contributed by atoms with Gasteiger partial charge in [0.25, 0.3) is 0 Å². The number of pyridine rings is 1. The fraction of sp³-hybridized carbons (Fsp3) is 0.421. The van der Waals surface area contributed by atoms with Crippen molar-refractivity contribution in [2.45, 2.75) is 46.2 Å². The number of aromatic nitrogens is 2. The lowest BCUT2D eigenvalue weighted by molar-refractivity contribution is -0.114. The van der Waals surface area contributed by atoms with Gasteiger partial charge >= 0.3 is 0 Å². The van der Waals surface area contributed by atoms with Gasteiger partial charge in [0.05, 0.1) is 10.9 Å². The Bertz CT molecular complexity index is 944. The summed E-state index contributed by atoms with van der Waals surface area (Å²) in [6.07, 6.45) is 4.58. The molecule has 0 fully saturated rings. The van der Waals surface area contributed by atoms with E-state index in [1.54, 1.807) is 42.0 Å². The number of carbonyl (C=O) groups is 1. The van der Waals surface area contributed by atoms with Crippen LogP contribution in [0, 0.1) is 0 Å². The highest BCUT2D eigenvalue weighted by Gasteiger charge is 2.34. The summed E-state index contributed by atoms with van der Waals surface area (Å²) in [6.45, 7) is 9.34. The number of hydrogen-bond acceptors (Lipinski definition) is 6. The third-order valence-corrected chi connectivity index (χ3v) is 7.41. The molecule has 7 heteroatoms. The molecule has 0 radical (unpaired) electrons. The highest BCUT2D eigenvalue weighted by atomic mass is 32.1. The number of thiazole rings is 1. The molecule has 1 N–H and O–H groups in total. The number of nitrogens with one attached hydrogen (secondary N) is 1. The normalized spacial score (nSPS) is 20.3. The summed E-state index contributed by atoms with van der Waals surface area (Å²) in [4.78, 5) is 24.7. The molecule has 0 aliphatic carbocycles. The van der Waals surface area contributed by atoms with Crippen LogP contribution < -0.4 is 5.32 Å². The van der Waals surface area contributed by atoms with E-state index >= 15 is 0 Å². The van der Waals surface area contributed by atoms with Gasteiger partial charge in [-0.1, -0.05) is 6.92 Å². The zero-order valence-corrected chi connectivity index (χ0v) is 17.0. The fourth-order valence-corrected chi connectivity index (χ4v) is 6.34. The van der Waals surface area contributed by atoms with E-state index in [-0.39, 0.29) is 5.91 Å². The molecular formula is C19H22N4OS2. The third kappa shape index (κ3) is 2.84. The molecule has 136 valence electrons. The van der Waals surface area contributed by atoms with Gasteiger partial charge in [0.15, 0.2) is 0 Å². The summed E-state index contributed by atoms with van der Waals surface area (Å²) in [5.74, 6) is -0.0410. The molecule has 2 atom stereocenters. The highest BCUT2D eigenvalue weighted by Crippen LogP contribution is 2.49. The van der Waals surface area contributed by atoms with E-state index in [4.69, 9.17) is 4.98 Å². The number of hydrogen-bond donors (Lipinski definition) is 1. The minimum Gasteiger partial charge on any atom is -0.317 e. The Morgan fingerprint density at radius 2 is 2.19 bits per heavy atom. The van der Waals surface area contributed by atoms with Crippen molar-refractivity contribution in [3.05, 3.63) is 28.9 Å². The second-order valence-corrected chi connectivity index (χ2v) is 8.84. The Hall–Kier alpha value is -1.83. The van der Waals surface area contributed by atoms with Gasteiger partial charge in [0.1, 0.15) is 15.5 Å². The van der Waals surface area contributed by atoms with Crippen LogP contribution >= 0.6 is 22.7 Å². The van der Waals surface area contributed by atoms with E-state index in [1.165, 1.54) is 10.4 Å². The molecule has 4 heterocycles. The number of carbonyl (C=O) groups excluding carboxylic acids is 1. The zero-order chi connectivity index (χ0) is 18.4. The van der Waals surface area contributed by atoms with Crippen molar-refractivity contribution in [3.63, 3.8) is 0 Å². The van der Waals surface area contributed by atoms with Gasteiger partial charge in [-0.25, -0.2) is 4.98 Å². The molecule has 0 saturated carbocycles. The average Bonchev–Trinajstić information content (AvgIpc) is 3.15. The number of likely N-dealkylation sites (N-methyl/N-ethyl adjacent to an activating group) is 1. The molecule has 4 rings (SSSR count). The minimum atomic E-state index is -0.0410. The molecular weight excluding hydrogens is 364 g/mol. The first-order chi connectivity index (χ1) is 12.5. The molecule has 1 aliphatic rings. The first-order valence-electron chi connectivity index (χ1n) is 8.89. The van der Waals surface area contributed by atoms with Gasteiger partial charge in [-0.2, -0.15) is 0 Å². The number of fused-ring (bicyclic) bond motifs is 2. The number of rotatable bonds is 3. The van der Waals surface area contributed by atoms with Crippen molar-refractivity contribution in [2.75, 3.05) is 11.9 Å². The van der Waals surface area contributed by atoms with Gasteiger partial charge in [0.2, 0.25) is 5.91 Å². The van der Waals surface area contributed by atoms with Crippen LogP contribution in [0.1, 0.15) is 44.2 Å². The van der Waals surface area contributed by atoms with Crippen molar-refractivity contribution in [1.82, 2.24) is 14.9 Å². The molecule has 0 aromatic carbocycles. The highest BCUT2D eigenvalue weighted by molar-refractivity contribution is 7.23. The fourth-order valence-electron chi connectivity index (χ4n) is 3.91. The van der Waals surface area contributed by atoms with Crippen LogP contribution in [0.15, 0.2) is 18.5 Å². The lowest BCUT2D eigenvalue weighted by atomic mass is 9.93. The Kier molecular flexibility index (Phi) is 4.54. The van der Waals surface area contributed by atoms with Gasteiger partial charge in [0, 0.05) is 35.6 Å². The zero-order valence-electron chi connectivity index (χ0n) is 15.4. The minimum absolute atomic E-state index is 0.0410. The molecule has 1 aliphatic heterocycles. The topological polar surface area (TPSA) is 58.1 Å². The van der Waals surface area contributed by atoms with E-state index in [9.17, 15) is 4.79 Å². The maximum atomic E-state index is 11.8. The number of thiophene rings is 1. The standard InChI is InChI=1S/C19H22N4OS2/c1-5-23-10(2)8-13-16(18(21-12(4)24)26-17(13)11(23)3)19-22-14-9-20-7-6-15(14)25-19/h6-7,9-11H,5,8H2,1-4H3,(H,21,24)/t10-,11-/m1/s1. The molecule has 1 amide bonds. The number of anilines is 1. The Labute approximate surface area is 161 Å². The van der Waals surface area contributed by atoms with Crippen molar-refractivity contribution >= 4 is 43.8 Å². The molecule has 0 bridgehead atoms. The van der Waals surface area contributed by atoms with Gasteiger partial charge in [-0.3, -0.25) is 14.7 Å². The van der Waals surface area contributed by atoms with Crippen molar-refractivity contribution in [2.24, 2.45) is 0 Å². The van der Waals surface area contributed by atoms with Crippen LogP contribution in [0.2, 0.25) is 0 Å². The second kappa shape index (κ2) is 6.72. The van der Waals surface area contributed by atoms with E-state index < -0.39 is 0 Å². The summed E-state index contributed by atoms with van der Waals surface area (Å²) >= 11 is 3.37.